The summed E-state index contributed by atoms with van der Waals surface area (Å²) in [6, 6.07) is 0.912. The molecule has 0 aromatic rings. The number of hydrogen-bond donors (Lipinski definition) is 1. The number of piperidine rings is 1. The van der Waals surface area contributed by atoms with Gasteiger partial charge in [0, 0.05) is 12.1 Å². The van der Waals surface area contributed by atoms with Crippen LogP contribution in [0.15, 0.2) is 0 Å². The minimum absolute atomic E-state index is 0.0925. The van der Waals surface area contributed by atoms with Gasteiger partial charge in [-0.2, -0.15) is 0 Å². The number of aliphatic hydroxyl groups excluding tert-OH is 1. The summed E-state index contributed by atoms with van der Waals surface area (Å²) in [7, 11) is 2.13. The maximum Gasteiger partial charge on any atom is 0.0623 e. The van der Waals surface area contributed by atoms with E-state index in [1.165, 1.54) is 0 Å². The number of ether oxygens (including phenoxy) is 1. The third-order valence-electron chi connectivity index (χ3n) is 2.86. The van der Waals surface area contributed by atoms with Gasteiger partial charge in [-0.1, -0.05) is 0 Å². The van der Waals surface area contributed by atoms with Gasteiger partial charge in [-0.25, -0.2) is 0 Å². The van der Waals surface area contributed by atoms with Crippen molar-refractivity contribution in [2.24, 2.45) is 0 Å². The normalized spacial score (nSPS) is 45.8. The van der Waals surface area contributed by atoms with Crippen molar-refractivity contribution in [1.29, 1.82) is 0 Å². The molecule has 2 bridgehead atoms. The lowest BCUT2D eigenvalue weighted by molar-refractivity contribution is -0.0930. The molecule has 2 saturated heterocycles. The van der Waals surface area contributed by atoms with Gasteiger partial charge in [-0.3, -0.25) is 4.90 Å². The second-order valence-corrected chi connectivity index (χ2v) is 3.64. The maximum absolute atomic E-state index is 9.45. The number of aliphatic hydroxyl groups is 1. The van der Waals surface area contributed by atoms with Crippen LogP contribution in [0.2, 0.25) is 0 Å². The van der Waals surface area contributed by atoms with Crippen LogP contribution >= 0.6 is 0 Å². The van der Waals surface area contributed by atoms with Crippen LogP contribution in [0.4, 0.5) is 0 Å². The third kappa shape index (κ3) is 1.28. The van der Waals surface area contributed by atoms with E-state index in [2.05, 4.69) is 11.9 Å². The number of fused-ring (bicyclic) bond motifs is 2. The lowest BCUT2D eigenvalue weighted by Gasteiger charge is -2.45. The molecule has 1 N–H and O–H groups in total. The zero-order valence-corrected chi connectivity index (χ0v) is 6.86. The van der Waals surface area contributed by atoms with Crippen LogP contribution in [-0.4, -0.2) is 48.5 Å². The quantitative estimate of drug-likeness (QED) is 0.530. The van der Waals surface area contributed by atoms with Gasteiger partial charge in [-0.15, -0.1) is 0 Å². The summed E-state index contributed by atoms with van der Waals surface area (Å²) in [5.74, 6) is 0. The van der Waals surface area contributed by atoms with E-state index in [0.29, 0.717) is 12.1 Å². The van der Waals surface area contributed by atoms with Gasteiger partial charge in [0.1, 0.15) is 0 Å². The van der Waals surface area contributed by atoms with E-state index in [1.807, 2.05) is 0 Å². The smallest absolute Gasteiger partial charge is 0.0623 e. The number of hydrogen-bond acceptors (Lipinski definition) is 3. The Balaban J connectivity index is 2.07. The summed E-state index contributed by atoms with van der Waals surface area (Å²) < 4.78 is 5.40. The van der Waals surface area contributed by atoms with Gasteiger partial charge >= 0.3 is 0 Å². The van der Waals surface area contributed by atoms with E-state index in [-0.39, 0.29) is 6.10 Å². The van der Waals surface area contributed by atoms with Crippen molar-refractivity contribution in [2.45, 2.75) is 31.0 Å². The van der Waals surface area contributed by atoms with Crippen LogP contribution in [0.25, 0.3) is 0 Å². The molecule has 64 valence electrons. The van der Waals surface area contributed by atoms with E-state index >= 15 is 0 Å². The lowest BCUT2D eigenvalue weighted by Crippen LogP contribution is -2.56. The van der Waals surface area contributed by atoms with Gasteiger partial charge in [0.2, 0.25) is 0 Å². The first-order valence-corrected chi connectivity index (χ1v) is 4.25. The minimum atomic E-state index is -0.0925. The molecule has 2 rings (SSSR count). The largest absolute Gasteiger partial charge is 0.393 e. The second-order valence-electron chi connectivity index (χ2n) is 3.64. The molecular weight excluding hydrogens is 142 g/mol. The fourth-order valence-electron chi connectivity index (χ4n) is 2.07. The van der Waals surface area contributed by atoms with E-state index in [0.717, 1.165) is 26.1 Å². The highest BCUT2D eigenvalue weighted by molar-refractivity contribution is 4.89. The molecule has 3 heteroatoms. The molecule has 0 radical (unpaired) electrons. The van der Waals surface area contributed by atoms with E-state index < -0.39 is 0 Å². The summed E-state index contributed by atoms with van der Waals surface area (Å²) in [6.45, 7) is 1.59. The number of rotatable bonds is 0. The average molecular weight is 157 g/mol. The molecule has 0 saturated carbocycles. The minimum Gasteiger partial charge on any atom is -0.393 e. The molecule has 3 atom stereocenters. The molecule has 11 heavy (non-hydrogen) atoms. The summed E-state index contributed by atoms with van der Waals surface area (Å²) in [5, 5.41) is 9.45. The zero-order valence-electron chi connectivity index (χ0n) is 6.86. The molecule has 2 fully saturated rings. The number of morpholine rings is 1. The highest BCUT2D eigenvalue weighted by Crippen LogP contribution is 2.25. The molecule has 0 amide bonds. The zero-order chi connectivity index (χ0) is 7.84. The molecular formula is C8H15NO2. The molecule has 2 aliphatic rings. The summed E-state index contributed by atoms with van der Waals surface area (Å²) in [6.07, 6.45) is 1.67. The fourth-order valence-corrected chi connectivity index (χ4v) is 2.07. The van der Waals surface area contributed by atoms with Crippen LogP contribution in [0.1, 0.15) is 12.8 Å². The first-order valence-electron chi connectivity index (χ1n) is 4.25. The van der Waals surface area contributed by atoms with Crippen molar-refractivity contribution in [2.75, 3.05) is 20.3 Å². The van der Waals surface area contributed by atoms with Gasteiger partial charge in [0.05, 0.1) is 19.3 Å². The Kier molecular flexibility index (Phi) is 1.87. The molecule has 0 aliphatic carbocycles. The highest BCUT2D eigenvalue weighted by Gasteiger charge is 2.35. The third-order valence-corrected chi connectivity index (χ3v) is 2.86. The van der Waals surface area contributed by atoms with Gasteiger partial charge in [0.25, 0.3) is 0 Å². The van der Waals surface area contributed by atoms with E-state index in [9.17, 15) is 5.11 Å². The summed E-state index contributed by atoms with van der Waals surface area (Å²) in [5.41, 5.74) is 0. The molecule has 3 nitrogen and oxygen atoms in total. The number of likely N-dealkylation sites (N-methyl/N-ethyl adjacent to an activating group) is 1. The van der Waals surface area contributed by atoms with E-state index in [1.54, 1.807) is 0 Å². The van der Waals surface area contributed by atoms with Crippen molar-refractivity contribution in [3.63, 3.8) is 0 Å². The Hall–Kier alpha value is -0.120. The monoisotopic (exact) mass is 157 g/mol. The van der Waals surface area contributed by atoms with Crippen molar-refractivity contribution in [1.82, 2.24) is 4.90 Å². The second kappa shape index (κ2) is 2.73. The SMILES string of the molecule is CN1C2COC[C@@H]1CC(O)C2. The maximum atomic E-state index is 9.45. The first kappa shape index (κ1) is 7.53. The standard InChI is InChI=1S/C8H15NO2/c1-9-6-2-8(10)3-7(9)5-11-4-6/h6-8,10H,2-5H2,1H3/t6-,7?,8?/m0/s1. The van der Waals surface area contributed by atoms with Gasteiger partial charge < -0.3 is 9.84 Å². The van der Waals surface area contributed by atoms with Crippen molar-refractivity contribution < 1.29 is 9.84 Å². The Labute approximate surface area is 66.9 Å². The van der Waals surface area contributed by atoms with Crippen LogP contribution in [0, 0.1) is 0 Å². The molecule has 2 unspecified atom stereocenters. The molecule has 0 aromatic carbocycles. The first-order chi connectivity index (χ1) is 5.27. The van der Waals surface area contributed by atoms with E-state index in [4.69, 9.17) is 4.74 Å². The predicted molar refractivity (Wildman–Crippen MR) is 41.4 cm³/mol. The molecule has 2 aliphatic heterocycles. The molecule has 2 heterocycles. The van der Waals surface area contributed by atoms with Crippen molar-refractivity contribution >= 4 is 0 Å². The summed E-state index contributed by atoms with van der Waals surface area (Å²) in [4.78, 5) is 2.34. The Morgan fingerprint density at radius 2 is 1.82 bits per heavy atom. The fraction of sp³-hybridized carbons (Fsp3) is 1.00. The lowest BCUT2D eigenvalue weighted by atomic mass is 9.93. The van der Waals surface area contributed by atoms with Gasteiger partial charge in [-0.05, 0) is 19.9 Å². The molecule has 0 aromatic heterocycles. The average Bonchev–Trinajstić information content (AvgIpc) is 1.92. The summed E-state index contributed by atoms with van der Waals surface area (Å²) >= 11 is 0. The van der Waals surface area contributed by atoms with Crippen LogP contribution < -0.4 is 0 Å². The predicted octanol–water partition coefficient (Wildman–Crippen LogP) is -0.160. The Bertz CT molecular complexity index is 137. The van der Waals surface area contributed by atoms with Crippen LogP contribution in [0.5, 0.6) is 0 Å². The Morgan fingerprint density at radius 1 is 1.27 bits per heavy atom. The van der Waals surface area contributed by atoms with Crippen molar-refractivity contribution in [3.8, 4) is 0 Å². The topological polar surface area (TPSA) is 32.7 Å². The van der Waals surface area contributed by atoms with Crippen molar-refractivity contribution in [3.05, 3.63) is 0 Å². The van der Waals surface area contributed by atoms with Gasteiger partial charge in [0.15, 0.2) is 0 Å². The highest BCUT2D eigenvalue weighted by atomic mass is 16.5. The number of nitrogens with zero attached hydrogens (tertiary/aromatic N) is 1. The van der Waals surface area contributed by atoms with Crippen LogP contribution in [0.3, 0.4) is 0 Å². The Morgan fingerprint density at radius 3 is 2.36 bits per heavy atom. The van der Waals surface area contributed by atoms with Crippen LogP contribution in [-0.2, 0) is 4.74 Å². The molecule has 0 spiro atoms.